The summed E-state index contributed by atoms with van der Waals surface area (Å²) in [5.41, 5.74) is 1.84. The minimum Gasteiger partial charge on any atom is -0.508 e. The number of phenols is 1. The maximum absolute atomic E-state index is 9.28. The van der Waals surface area contributed by atoms with Crippen molar-refractivity contribution < 1.29 is 19.3 Å². The predicted molar refractivity (Wildman–Crippen MR) is 102 cm³/mol. The molecule has 0 atom stereocenters. The first kappa shape index (κ1) is 18.7. The van der Waals surface area contributed by atoms with Gasteiger partial charge in [-0.3, -0.25) is 0 Å². The molecule has 0 spiro atoms. The summed E-state index contributed by atoms with van der Waals surface area (Å²) < 4.78 is 15.9. The van der Waals surface area contributed by atoms with E-state index in [4.69, 9.17) is 26.4 Å². The Morgan fingerprint density at radius 2 is 1.60 bits per heavy atom. The van der Waals surface area contributed by atoms with Gasteiger partial charge in [0.15, 0.2) is 16.6 Å². The lowest BCUT2D eigenvalue weighted by Gasteiger charge is -2.16. The van der Waals surface area contributed by atoms with E-state index in [1.54, 1.807) is 45.6 Å². The Kier molecular flexibility index (Phi) is 6.71. The number of benzene rings is 2. The lowest BCUT2D eigenvalue weighted by molar-refractivity contribution is 0.324. The Balaban J connectivity index is 1.94. The van der Waals surface area contributed by atoms with E-state index in [1.165, 1.54) is 0 Å². The highest BCUT2D eigenvalue weighted by atomic mass is 32.1. The molecule has 2 aromatic carbocycles. The highest BCUT2D eigenvalue weighted by Crippen LogP contribution is 2.39. The van der Waals surface area contributed by atoms with Crippen LogP contribution in [-0.4, -0.2) is 38.1 Å². The molecule has 25 heavy (non-hydrogen) atoms. The van der Waals surface area contributed by atoms with Gasteiger partial charge in [-0.05, 0) is 36.3 Å². The Bertz CT molecular complexity index is 695. The lowest BCUT2D eigenvalue weighted by atomic mass is 10.1. The molecule has 0 aromatic heterocycles. The van der Waals surface area contributed by atoms with Crippen molar-refractivity contribution in [2.75, 3.05) is 33.2 Å². The molecule has 0 saturated heterocycles. The number of thiocarbonyl (C=S) groups is 1. The van der Waals surface area contributed by atoms with Gasteiger partial charge in [0, 0.05) is 24.4 Å². The van der Waals surface area contributed by atoms with E-state index in [0.29, 0.717) is 28.9 Å². The first-order chi connectivity index (χ1) is 12.1. The zero-order chi connectivity index (χ0) is 18.2. The molecule has 6 nitrogen and oxygen atoms in total. The summed E-state index contributed by atoms with van der Waals surface area (Å²) in [5, 5.41) is 16.0. The number of ether oxygens (including phenoxy) is 3. The van der Waals surface area contributed by atoms with E-state index in [-0.39, 0.29) is 5.75 Å². The number of hydrogen-bond donors (Lipinski definition) is 3. The van der Waals surface area contributed by atoms with Crippen LogP contribution in [-0.2, 0) is 6.42 Å². The van der Waals surface area contributed by atoms with E-state index < -0.39 is 0 Å². The van der Waals surface area contributed by atoms with Crippen LogP contribution in [0.1, 0.15) is 5.56 Å². The van der Waals surface area contributed by atoms with Crippen molar-refractivity contribution >= 4 is 23.0 Å². The molecule has 0 bridgehead atoms. The van der Waals surface area contributed by atoms with E-state index in [0.717, 1.165) is 17.7 Å². The van der Waals surface area contributed by atoms with Crippen LogP contribution in [0.15, 0.2) is 36.4 Å². The number of aromatic hydroxyl groups is 1. The molecule has 0 amide bonds. The molecule has 0 unspecified atom stereocenters. The fraction of sp³-hybridized carbons (Fsp3) is 0.278. The number of nitrogens with one attached hydrogen (secondary N) is 2. The van der Waals surface area contributed by atoms with Gasteiger partial charge in [0.2, 0.25) is 5.75 Å². The van der Waals surface area contributed by atoms with Crippen LogP contribution in [0.3, 0.4) is 0 Å². The van der Waals surface area contributed by atoms with Gasteiger partial charge in [-0.15, -0.1) is 0 Å². The SMILES string of the molecule is COc1cc(NC(=S)NCCc2ccc(O)cc2)cc(OC)c1OC. The molecule has 2 aromatic rings. The average Bonchev–Trinajstić information content (AvgIpc) is 2.62. The largest absolute Gasteiger partial charge is 0.508 e. The molecule has 0 fully saturated rings. The molecule has 3 N–H and O–H groups in total. The smallest absolute Gasteiger partial charge is 0.203 e. The first-order valence-electron chi connectivity index (χ1n) is 7.70. The van der Waals surface area contributed by atoms with E-state index >= 15 is 0 Å². The van der Waals surface area contributed by atoms with Crippen molar-refractivity contribution in [3.63, 3.8) is 0 Å². The lowest BCUT2D eigenvalue weighted by Crippen LogP contribution is -2.30. The maximum Gasteiger partial charge on any atom is 0.203 e. The second-order valence-electron chi connectivity index (χ2n) is 5.21. The number of anilines is 1. The monoisotopic (exact) mass is 362 g/mol. The van der Waals surface area contributed by atoms with Crippen LogP contribution >= 0.6 is 12.2 Å². The van der Waals surface area contributed by atoms with Gasteiger partial charge in [0.25, 0.3) is 0 Å². The molecular weight excluding hydrogens is 340 g/mol. The molecule has 0 saturated carbocycles. The minimum atomic E-state index is 0.260. The number of phenolic OH excluding ortho intramolecular Hbond substituents is 1. The van der Waals surface area contributed by atoms with Gasteiger partial charge in [-0.2, -0.15) is 0 Å². The standard InChI is InChI=1S/C18H22N2O4S/c1-22-15-10-13(11-16(23-2)17(15)24-3)20-18(25)19-9-8-12-4-6-14(21)7-5-12/h4-7,10-11,21H,8-9H2,1-3H3,(H2,19,20,25). The van der Waals surface area contributed by atoms with Crippen molar-refractivity contribution in [1.29, 1.82) is 0 Å². The van der Waals surface area contributed by atoms with E-state index in [1.807, 2.05) is 12.1 Å². The summed E-state index contributed by atoms with van der Waals surface area (Å²) in [5.74, 6) is 1.89. The summed E-state index contributed by atoms with van der Waals surface area (Å²) >= 11 is 5.32. The molecule has 7 heteroatoms. The highest BCUT2D eigenvalue weighted by Gasteiger charge is 2.13. The third-order valence-electron chi connectivity index (χ3n) is 3.56. The molecule has 2 rings (SSSR count). The molecular formula is C18H22N2O4S. The maximum atomic E-state index is 9.28. The summed E-state index contributed by atoms with van der Waals surface area (Å²) in [6, 6.07) is 10.7. The van der Waals surface area contributed by atoms with Gasteiger partial charge in [0.1, 0.15) is 5.75 Å². The van der Waals surface area contributed by atoms with E-state index in [2.05, 4.69) is 10.6 Å². The normalized spacial score (nSPS) is 10.0. The van der Waals surface area contributed by atoms with Crippen molar-refractivity contribution in [2.45, 2.75) is 6.42 Å². The Morgan fingerprint density at radius 3 is 2.12 bits per heavy atom. The average molecular weight is 362 g/mol. The predicted octanol–water partition coefficient (Wildman–Crippen LogP) is 2.95. The molecule has 0 radical (unpaired) electrons. The summed E-state index contributed by atoms with van der Waals surface area (Å²) in [7, 11) is 4.69. The second-order valence-corrected chi connectivity index (χ2v) is 5.62. The summed E-state index contributed by atoms with van der Waals surface area (Å²) in [6.45, 7) is 0.668. The van der Waals surface area contributed by atoms with E-state index in [9.17, 15) is 5.11 Å². The Labute approximate surface area is 152 Å². The summed E-state index contributed by atoms with van der Waals surface area (Å²) in [6.07, 6.45) is 0.789. The molecule has 0 aliphatic rings. The van der Waals surface area contributed by atoms with Gasteiger partial charge < -0.3 is 30.0 Å². The molecule has 0 heterocycles. The van der Waals surface area contributed by atoms with Gasteiger partial charge in [-0.25, -0.2) is 0 Å². The van der Waals surface area contributed by atoms with Crippen LogP contribution in [0.25, 0.3) is 0 Å². The van der Waals surface area contributed by atoms with Gasteiger partial charge in [0.05, 0.1) is 21.3 Å². The quantitative estimate of drug-likeness (QED) is 0.654. The van der Waals surface area contributed by atoms with Crippen molar-refractivity contribution in [3.8, 4) is 23.0 Å². The van der Waals surface area contributed by atoms with Crippen LogP contribution in [0, 0.1) is 0 Å². The Morgan fingerprint density at radius 1 is 1.00 bits per heavy atom. The second kappa shape index (κ2) is 8.98. The van der Waals surface area contributed by atoms with Crippen LogP contribution in [0.2, 0.25) is 0 Å². The number of rotatable bonds is 7. The minimum absolute atomic E-state index is 0.260. The van der Waals surface area contributed by atoms with Crippen molar-refractivity contribution in [3.05, 3.63) is 42.0 Å². The van der Waals surface area contributed by atoms with Gasteiger partial charge in [-0.1, -0.05) is 12.1 Å². The molecule has 0 aliphatic heterocycles. The molecule has 134 valence electrons. The highest BCUT2D eigenvalue weighted by molar-refractivity contribution is 7.80. The number of hydrogen-bond acceptors (Lipinski definition) is 5. The van der Waals surface area contributed by atoms with Crippen LogP contribution in [0.5, 0.6) is 23.0 Å². The zero-order valence-electron chi connectivity index (χ0n) is 14.5. The topological polar surface area (TPSA) is 72.0 Å². The fourth-order valence-corrected chi connectivity index (χ4v) is 2.53. The van der Waals surface area contributed by atoms with Crippen LogP contribution in [0.4, 0.5) is 5.69 Å². The van der Waals surface area contributed by atoms with Crippen molar-refractivity contribution in [1.82, 2.24) is 5.32 Å². The number of methoxy groups -OCH3 is 3. The summed E-state index contributed by atoms with van der Waals surface area (Å²) in [4.78, 5) is 0. The fourth-order valence-electron chi connectivity index (χ4n) is 2.31. The zero-order valence-corrected chi connectivity index (χ0v) is 15.3. The third-order valence-corrected chi connectivity index (χ3v) is 3.80. The first-order valence-corrected chi connectivity index (χ1v) is 8.11. The molecule has 0 aliphatic carbocycles. The van der Waals surface area contributed by atoms with Crippen LogP contribution < -0.4 is 24.8 Å². The Hall–Kier alpha value is -2.67. The van der Waals surface area contributed by atoms with Crippen molar-refractivity contribution in [2.24, 2.45) is 0 Å². The van der Waals surface area contributed by atoms with Gasteiger partial charge >= 0.3 is 0 Å². The third kappa shape index (κ3) is 5.15.